The zero-order chi connectivity index (χ0) is 22.9. The van der Waals surface area contributed by atoms with Crippen LogP contribution in [0.1, 0.15) is 27.9 Å². The van der Waals surface area contributed by atoms with Crippen molar-refractivity contribution in [2.24, 2.45) is 0 Å². The number of carbonyl (C=O) groups is 1. The molecule has 0 saturated heterocycles. The maximum atomic E-state index is 13.6. The normalized spacial score (nSPS) is 16.1. The smallest absolute Gasteiger partial charge is 0.416 e. The van der Waals surface area contributed by atoms with Crippen LogP contribution in [-0.2, 0) is 17.5 Å². The zero-order valence-electron chi connectivity index (χ0n) is 17.1. The summed E-state index contributed by atoms with van der Waals surface area (Å²) >= 11 is 0. The lowest BCUT2D eigenvalue weighted by molar-refractivity contribution is -0.138. The molecule has 4 rings (SSSR count). The molecule has 3 aromatic rings. The summed E-state index contributed by atoms with van der Waals surface area (Å²) in [6.07, 6.45) is 0.926. The predicted molar refractivity (Wildman–Crippen MR) is 113 cm³/mol. The zero-order valence-corrected chi connectivity index (χ0v) is 17.1. The number of anilines is 1. The number of allylic oxidation sites excluding steroid dienone is 1. The molecule has 1 unspecified atom stereocenters. The van der Waals surface area contributed by atoms with Gasteiger partial charge in [0.2, 0.25) is 5.95 Å². The number of aliphatic hydroxyl groups is 1. The number of nitrogens with zero attached hydrogens (tertiary/aromatic N) is 2. The summed E-state index contributed by atoms with van der Waals surface area (Å²) in [5, 5.41) is 12.8. The van der Waals surface area contributed by atoms with Gasteiger partial charge in [-0.15, -0.1) is 0 Å². The predicted octanol–water partition coefficient (Wildman–Crippen LogP) is 5.07. The summed E-state index contributed by atoms with van der Waals surface area (Å²) in [7, 11) is 1.27. The molecule has 1 aliphatic rings. The highest BCUT2D eigenvalue weighted by Crippen LogP contribution is 2.33. The van der Waals surface area contributed by atoms with Crippen LogP contribution in [-0.4, -0.2) is 33.8 Å². The Morgan fingerprint density at radius 2 is 2.06 bits per heavy atom. The van der Waals surface area contributed by atoms with Crippen LogP contribution < -0.4 is 5.32 Å². The number of hydrogen-bond donors (Lipinski definition) is 2. The molecule has 0 aliphatic heterocycles. The first-order valence-electron chi connectivity index (χ1n) is 9.84. The van der Waals surface area contributed by atoms with Gasteiger partial charge in [-0.1, -0.05) is 24.3 Å². The third kappa shape index (κ3) is 4.32. The number of halogens is 3. The number of alkyl halides is 3. The van der Waals surface area contributed by atoms with Crippen molar-refractivity contribution in [2.45, 2.75) is 25.2 Å². The quantitative estimate of drug-likeness (QED) is 0.539. The Labute approximate surface area is 181 Å². The van der Waals surface area contributed by atoms with Crippen LogP contribution in [0.3, 0.4) is 0 Å². The number of methoxy groups -OCH3 is 1. The molecule has 0 amide bonds. The molecule has 2 aromatic carbocycles. The second-order valence-electron chi connectivity index (χ2n) is 7.35. The second-order valence-corrected chi connectivity index (χ2v) is 7.35. The van der Waals surface area contributed by atoms with E-state index in [1.807, 2.05) is 0 Å². The molecule has 0 bridgehead atoms. The van der Waals surface area contributed by atoms with Crippen LogP contribution in [0.2, 0.25) is 0 Å². The van der Waals surface area contributed by atoms with Gasteiger partial charge >= 0.3 is 12.1 Å². The highest BCUT2D eigenvalue weighted by molar-refractivity contribution is 5.94. The van der Waals surface area contributed by atoms with E-state index in [4.69, 9.17) is 4.74 Å². The molecular weight excluding hydrogens is 423 g/mol. The molecule has 0 fully saturated rings. The molecule has 9 heteroatoms. The minimum atomic E-state index is -4.49. The van der Waals surface area contributed by atoms with Gasteiger partial charge in [0.25, 0.3) is 0 Å². The second kappa shape index (κ2) is 8.41. The van der Waals surface area contributed by atoms with E-state index < -0.39 is 17.7 Å². The molecule has 6 nitrogen and oxygen atoms in total. The van der Waals surface area contributed by atoms with Gasteiger partial charge in [-0.2, -0.15) is 13.2 Å². The SMILES string of the molecule is COC(=O)c1ccc2c(c1)nc(NC1C=CC(O)=CC1)n2Cc1ccccc1C(F)(F)F. The van der Waals surface area contributed by atoms with Crippen molar-refractivity contribution in [3.05, 3.63) is 83.1 Å². The number of imidazole rings is 1. The fourth-order valence-electron chi connectivity index (χ4n) is 3.63. The first kappa shape index (κ1) is 21.5. The molecule has 2 N–H and O–H groups in total. The number of carbonyl (C=O) groups excluding carboxylic acids is 1. The number of nitrogens with one attached hydrogen (secondary N) is 1. The summed E-state index contributed by atoms with van der Waals surface area (Å²) in [6, 6.07) is 9.91. The lowest BCUT2D eigenvalue weighted by Crippen LogP contribution is -2.21. The van der Waals surface area contributed by atoms with Crippen molar-refractivity contribution in [1.82, 2.24) is 9.55 Å². The number of aromatic nitrogens is 2. The highest BCUT2D eigenvalue weighted by atomic mass is 19.4. The lowest BCUT2D eigenvalue weighted by atomic mass is 10.1. The van der Waals surface area contributed by atoms with Crippen LogP contribution in [0.5, 0.6) is 0 Å². The lowest BCUT2D eigenvalue weighted by Gasteiger charge is -2.19. The molecule has 1 heterocycles. The van der Waals surface area contributed by atoms with Crippen LogP contribution in [0.4, 0.5) is 19.1 Å². The molecule has 1 atom stereocenters. The van der Waals surface area contributed by atoms with E-state index in [2.05, 4.69) is 10.3 Å². The van der Waals surface area contributed by atoms with Crippen molar-refractivity contribution in [3.63, 3.8) is 0 Å². The Hall–Kier alpha value is -3.75. The summed E-state index contributed by atoms with van der Waals surface area (Å²) in [5.74, 6) is -0.0315. The summed E-state index contributed by atoms with van der Waals surface area (Å²) in [4.78, 5) is 16.4. The minimum absolute atomic E-state index is 0.0798. The van der Waals surface area contributed by atoms with E-state index in [-0.39, 0.29) is 29.5 Å². The minimum Gasteiger partial charge on any atom is -0.508 e. The van der Waals surface area contributed by atoms with Crippen LogP contribution in [0.15, 0.2) is 66.5 Å². The molecule has 166 valence electrons. The Kier molecular flexibility index (Phi) is 5.65. The number of fused-ring (bicyclic) bond motifs is 1. The van der Waals surface area contributed by atoms with E-state index in [1.54, 1.807) is 47.1 Å². The van der Waals surface area contributed by atoms with E-state index in [1.165, 1.54) is 19.2 Å². The Bertz CT molecular complexity index is 1230. The summed E-state index contributed by atoms with van der Waals surface area (Å²) in [6.45, 7) is -0.0798. The Balaban J connectivity index is 1.79. The molecule has 32 heavy (non-hydrogen) atoms. The molecule has 0 radical (unpaired) electrons. The van der Waals surface area contributed by atoms with Gasteiger partial charge in [0, 0.05) is 0 Å². The molecule has 1 aliphatic carbocycles. The number of aliphatic hydroxyl groups excluding tert-OH is 1. The van der Waals surface area contributed by atoms with Crippen LogP contribution in [0, 0.1) is 0 Å². The summed E-state index contributed by atoms with van der Waals surface area (Å²) in [5.41, 5.74) is 0.672. The largest absolute Gasteiger partial charge is 0.508 e. The van der Waals surface area contributed by atoms with Crippen molar-refractivity contribution in [3.8, 4) is 0 Å². The van der Waals surface area contributed by atoms with Gasteiger partial charge in [0.15, 0.2) is 0 Å². The van der Waals surface area contributed by atoms with Crippen molar-refractivity contribution in [2.75, 3.05) is 12.4 Å². The molecule has 0 saturated carbocycles. The van der Waals surface area contributed by atoms with Crippen LogP contribution in [0.25, 0.3) is 11.0 Å². The maximum Gasteiger partial charge on any atom is 0.416 e. The molecule has 1 aromatic heterocycles. The fourth-order valence-corrected chi connectivity index (χ4v) is 3.63. The maximum absolute atomic E-state index is 13.6. The fraction of sp³-hybridized carbons (Fsp3) is 0.217. The first-order chi connectivity index (χ1) is 15.3. The van der Waals surface area contributed by atoms with Gasteiger partial charge in [-0.25, -0.2) is 9.78 Å². The average molecular weight is 443 g/mol. The third-order valence-corrected chi connectivity index (χ3v) is 5.22. The van der Waals surface area contributed by atoms with E-state index in [0.717, 1.165) is 6.07 Å². The van der Waals surface area contributed by atoms with E-state index in [0.29, 0.717) is 23.4 Å². The van der Waals surface area contributed by atoms with Crippen molar-refractivity contribution in [1.29, 1.82) is 0 Å². The van der Waals surface area contributed by atoms with Gasteiger partial charge in [-0.3, -0.25) is 0 Å². The number of rotatable bonds is 5. The van der Waals surface area contributed by atoms with Crippen molar-refractivity contribution < 1.29 is 27.8 Å². The summed E-state index contributed by atoms with van der Waals surface area (Å²) < 4.78 is 47.0. The van der Waals surface area contributed by atoms with E-state index in [9.17, 15) is 23.1 Å². The monoisotopic (exact) mass is 443 g/mol. The van der Waals surface area contributed by atoms with Gasteiger partial charge in [-0.05, 0) is 48.4 Å². The standard InChI is InChI=1S/C23H20F3N3O3/c1-32-21(31)14-6-11-20-19(12-14)28-22(27-16-7-9-17(30)10-8-16)29(20)13-15-4-2-3-5-18(15)23(24,25)26/h2-7,9-12,16,30H,8,13H2,1H3,(H,27,28). The van der Waals surface area contributed by atoms with Gasteiger partial charge < -0.3 is 19.7 Å². The average Bonchev–Trinajstić information content (AvgIpc) is 3.10. The Morgan fingerprint density at radius 3 is 2.75 bits per heavy atom. The number of ether oxygens (including phenoxy) is 1. The molecular formula is C23H20F3N3O3. The van der Waals surface area contributed by atoms with Crippen molar-refractivity contribution >= 4 is 23.0 Å². The van der Waals surface area contributed by atoms with Crippen LogP contribution >= 0.6 is 0 Å². The topological polar surface area (TPSA) is 76.4 Å². The third-order valence-electron chi connectivity index (χ3n) is 5.22. The highest BCUT2D eigenvalue weighted by Gasteiger charge is 2.33. The molecule has 0 spiro atoms. The first-order valence-corrected chi connectivity index (χ1v) is 9.84. The van der Waals surface area contributed by atoms with E-state index >= 15 is 0 Å². The van der Waals surface area contributed by atoms with Gasteiger partial charge in [0.05, 0.1) is 41.9 Å². The Morgan fingerprint density at radius 1 is 1.28 bits per heavy atom. The number of hydrogen-bond acceptors (Lipinski definition) is 5. The number of benzene rings is 2. The van der Waals surface area contributed by atoms with Gasteiger partial charge in [0.1, 0.15) is 5.76 Å². The number of esters is 1.